The van der Waals surface area contributed by atoms with Crippen LogP contribution in [0.2, 0.25) is 0 Å². The van der Waals surface area contributed by atoms with Crippen molar-refractivity contribution >= 4 is 41.6 Å². The third-order valence-corrected chi connectivity index (χ3v) is 5.08. The summed E-state index contributed by atoms with van der Waals surface area (Å²) in [4.78, 5) is 38.0. The summed E-state index contributed by atoms with van der Waals surface area (Å²) in [6.45, 7) is 0.142. The lowest BCUT2D eigenvalue weighted by atomic mass is 9.98. The molecular formula is C17H21ClN4O5. The number of amides is 4. The molecule has 0 bridgehead atoms. The molecule has 4 rings (SSSR count). The minimum Gasteiger partial charge on any atom is -0.454 e. The maximum atomic E-state index is 12.6. The minimum atomic E-state index is -0.755. The van der Waals surface area contributed by atoms with E-state index in [4.69, 9.17) is 15.2 Å². The third-order valence-electron chi connectivity index (χ3n) is 5.08. The van der Waals surface area contributed by atoms with E-state index >= 15 is 0 Å². The predicted octanol–water partition coefficient (Wildman–Crippen LogP) is 1.61. The number of rotatable bonds is 4. The van der Waals surface area contributed by atoms with Crippen LogP contribution in [0.25, 0.3) is 0 Å². The zero-order chi connectivity index (χ0) is 18.3. The highest BCUT2D eigenvalue weighted by molar-refractivity contribution is 6.07. The molecule has 1 aromatic carbocycles. The van der Waals surface area contributed by atoms with Gasteiger partial charge in [0.25, 0.3) is 5.91 Å². The largest absolute Gasteiger partial charge is 0.454 e. The van der Waals surface area contributed by atoms with E-state index in [0.717, 1.165) is 17.7 Å². The van der Waals surface area contributed by atoms with Crippen LogP contribution < -0.4 is 25.8 Å². The Morgan fingerprint density at radius 1 is 1.22 bits per heavy atom. The van der Waals surface area contributed by atoms with Gasteiger partial charge in [-0.3, -0.25) is 14.5 Å². The van der Waals surface area contributed by atoms with Gasteiger partial charge in [0.1, 0.15) is 5.54 Å². The number of benzene rings is 1. The standard InChI is InChI=1S/C17H20N4O5.ClH/c18-10-7-12-13(26-9-25-12)8-11(10)19-14(22)3-6-21-15(23)17(20-16(21)24)4-1-2-5-17;/h7-8H,1-6,9,18H2,(H,19,22)(H,20,24);1H. The van der Waals surface area contributed by atoms with Gasteiger partial charge in [0.15, 0.2) is 11.5 Å². The van der Waals surface area contributed by atoms with Gasteiger partial charge in [-0.15, -0.1) is 12.4 Å². The van der Waals surface area contributed by atoms with Gasteiger partial charge in [0.2, 0.25) is 12.7 Å². The topological polar surface area (TPSA) is 123 Å². The molecule has 10 heteroatoms. The van der Waals surface area contributed by atoms with Crippen LogP contribution in [0.15, 0.2) is 12.1 Å². The molecule has 1 spiro atoms. The Bertz CT molecular complexity index is 794. The normalized spacial score (nSPS) is 19.2. The van der Waals surface area contributed by atoms with Gasteiger partial charge in [-0.2, -0.15) is 0 Å². The molecule has 3 aliphatic rings. The average Bonchev–Trinajstić information content (AvgIpc) is 3.29. The minimum absolute atomic E-state index is 0. The summed E-state index contributed by atoms with van der Waals surface area (Å²) in [6, 6.07) is 2.75. The van der Waals surface area contributed by atoms with E-state index in [1.165, 1.54) is 0 Å². The summed E-state index contributed by atoms with van der Waals surface area (Å²) in [7, 11) is 0. The summed E-state index contributed by atoms with van der Waals surface area (Å²) in [5, 5.41) is 5.48. The van der Waals surface area contributed by atoms with Crippen LogP contribution >= 0.6 is 12.4 Å². The number of urea groups is 1. The van der Waals surface area contributed by atoms with Gasteiger partial charge in [-0.1, -0.05) is 12.8 Å². The number of anilines is 2. The molecule has 9 nitrogen and oxygen atoms in total. The molecule has 2 fully saturated rings. The van der Waals surface area contributed by atoms with Crippen molar-refractivity contribution in [1.29, 1.82) is 0 Å². The van der Waals surface area contributed by atoms with E-state index < -0.39 is 11.6 Å². The molecule has 2 aliphatic heterocycles. The first-order chi connectivity index (χ1) is 12.5. The van der Waals surface area contributed by atoms with Crippen LogP contribution in [0.3, 0.4) is 0 Å². The Kier molecular flexibility index (Phi) is 5.05. The fourth-order valence-electron chi connectivity index (χ4n) is 3.69. The molecular weight excluding hydrogens is 376 g/mol. The summed E-state index contributed by atoms with van der Waals surface area (Å²) >= 11 is 0. The number of carbonyl (C=O) groups excluding carboxylic acids is 3. The van der Waals surface area contributed by atoms with E-state index in [2.05, 4.69) is 10.6 Å². The number of carbonyl (C=O) groups is 3. The summed E-state index contributed by atoms with van der Waals surface area (Å²) < 4.78 is 10.5. The molecule has 1 saturated heterocycles. The van der Waals surface area contributed by atoms with Crippen molar-refractivity contribution in [3.05, 3.63) is 12.1 Å². The molecule has 0 aromatic heterocycles. The quantitative estimate of drug-likeness (QED) is 0.525. The second-order valence-electron chi connectivity index (χ2n) is 6.77. The Morgan fingerprint density at radius 3 is 2.59 bits per heavy atom. The van der Waals surface area contributed by atoms with Crippen LogP contribution in [0.4, 0.5) is 16.2 Å². The first-order valence-electron chi connectivity index (χ1n) is 8.62. The number of nitrogens with zero attached hydrogens (tertiary/aromatic N) is 1. The fourth-order valence-corrected chi connectivity index (χ4v) is 3.69. The van der Waals surface area contributed by atoms with E-state index in [-0.39, 0.29) is 44.0 Å². The van der Waals surface area contributed by atoms with E-state index in [9.17, 15) is 14.4 Å². The van der Waals surface area contributed by atoms with Gasteiger partial charge in [0, 0.05) is 25.1 Å². The predicted molar refractivity (Wildman–Crippen MR) is 98.9 cm³/mol. The van der Waals surface area contributed by atoms with Gasteiger partial charge < -0.3 is 25.8 Å². The highest BCUT2D eigenvalue weighted by Crippen LogP contribution is 2.38. The maximum absolute atomic E-state index is 12.6. The average molecular weight is 397 g/mol. The molecule has 1 saturated carbocycles. The SMILES string of the molecule is Cl.Nc1cc2c(cc1NC(=O)CCN1C(=O)NC3(CCCC3)C1=O)OCO2. The molecule has 1 aromatic rings. The molecule has 0 unspecified atom stereocenters. The lowest BCUT2D eigenvalue weighted by molar-refractivity contribution is -0.131. The first-order valence-corrected chi connectivity index (χ1v) is 8.62. The van der Waals surface area contributed by atoms with Crippen LogP contribution in [0.1, 0.15) is 32.1 Å². The molecule has 1 aliphatic carbocycles. The Balaban J connectivity index is 0.00000210. The zero-order valence-electron chi connectivity index (χ0n) is 14.6. The number of hydrogen-bond acceptors (Lipinski definition) is 6. The van der Waals surface area contributed by atoms with Crippen molar-refractivity contribution in [2.45, 2.75) is 37.6 Å². The zero-order valence-corrected chi connectivity index (χ0v) is 15.4. The molecule has 4 amide bonds. The van der Waals surface area contributed by atoms with Crippen molar-refractivity contribution in [3.8, 4) is 11.5 Å². The number of hydrogen-bond donors (Lipinski definition) is 3. The number of nitrogens with one attached hydrogen (secondary N) is 2. The Morgan fingerprint density at radius 2 is 1.89 bits per heavy atom. The number of halogens is 1. The number of ether oxygens (including phenoxy) is 2. The summed E-state index contributed by atoms with van der Waals surface area (Å²) in [5.41, 5.74) is 5.91. The van der Waals surface area contributed by atoms with Crippen molar-refractivity contribution < 1.29 is 23.9 Å². The Labute approximate surface area is 161 Å². The van der Waals surface area contributed by atoms with Crippen LogP contribution in [0, 0.1) is 0 Å². The van der Waals surface area contributed by atoms with Crippen molar-refractivity contribution in [2.24, 2.45) is 0 Å². The van der Waals surface area contributed by atoms with E-state index in [0.29, 0.717) is 35.7 Å². The molecule has 0 atom stereocenters. The maximum Gasteiger partial charge on any atom is 0.325 e. The number of nitrogen functional groups attached to an aromatic ring is 1. The van der Waals surface area contributed by atoms with Crippen molar-refractivity contribution in [1.82, 2.24) is 10.2 Å². The van der Waals surface area contributed by atoms with Crippen LogP contribution in [0.5, 0.6) is 11.5 Å². The number of imide groups is 1. The highest BCUT2D eigenvalue weighted by atomic mass is 35.5. The summed E-state index contributed by atoms with van der Waals surface area (Å²) in [6.07, 6.45) is 3.15. The van der Waals surface area contributed by atoms with Gasteiger partial charge >= 0.3 is 6.03 Å². The van der Waals surface area contributed by atoms with E-state index in [1.54, 1.807) is 12.1 Å². The molecule has 4 N–H and O–H groups in total. The molecule has 2 heterocycles. The lowest BCUT2D eigenvalue weighted by Crippen LogP contribution is -2.44. The smallest absolute Gasteiger partial charge is 0.325 e. The Hall–Kier alpha value is -2.68. The highest BCUT2D eigenvalue weighted by Gasteiger charge is 2.52. The monoisotopic (exact) mass is 396 g/mol. The number of nitrogens with two attached hydrogens (primary N) is 1. The fraction of sp³-hybridized carbons (Fsp3) is 0.471. The lowest BCUT2D eigenvalue weighted by Gasteiger charge is -2.20. The van der Waals surface area contributed by atoms with Gasteiger partial charge in [-0.25, -0.2) is 4.79 Å². The molecule has 0 radical (unpaired) electrons. The first kappa shape index (κ1) is 19.1. The van der Waals surface area contributed by atoms with Crippen LogP contribution in [-0.2, 0) is 9.59 Å². The van der Waals surface area contributed by atoms with Crippen molar-refractivity contribution in [2.75, 3.05) is 24.4 Å². The van der Waals surface area contributed by atoms with Crippen LogP contribution in [-0.4, -0.2) is 41.6 Å². The molecule has 27 heavy (non-hydrogen) atoms. The number of fused-ring (bicyclic) bond motifs is 1. The second-order valence-corrected chi connectivity index (χ2v) is 6.77. The van der Waals surface area contributed by atoms with Crippen molar-refractivity contribution in [3.63, 3.8) is 0 Å². The third kappa shape index (κ3) is 3.34. The van der Waals surface area contributed by atoms with Gasteiger partial charge in [0.05, 0.1) is 11.4 Å². The second kappa shape index (κ2) is 7.15. The van der Waals surface area contributed by atoms with Gasteiger partial charge in [-0.05, 0) is 12.8 Å². The summed E-state index contributed by atoms with van der Waals surface area (Å²) in [5.74, 6) is 0.465. The van der Waals surface area contributed by atoms with E-state index in [1.807, 2.05) is 0 Å². The molecule has 146 valence electrons.